The molecule has 2 N–H and O–H groups in total. The smallest absolute Gasteiger partial charge is 0.243 e. The lowest BCUT2D eigenvalue weighted by Gasteiger charge is -2.32. The normalized spacial score (nSPS) is 13.6. The summed E-state index contributed by atoms with van der Waals surface area (Å²) in [6.07, 6.45) is 2.46. The van der Waals surface area contributed by atoms with Gasteiger partial charge in [0.2, 0.25) is 21.8 Å². The van der Waals surface area contributed by atoms with Crippen molar-refractivity contribution in [2.45, 2.75) is 69.1 Å². The lowest BCUT2D eigenvalue weighted by Crippen LogP contribution is -2.50. The topological polar surface area (TPSA) is 95.6 Å². The number of benzene rings is 4. The van der Waals surface area contributed by atoms with Crippen LogP contribution >= 0.6 is 0 Å². The Bertz CT molecular complexity index is 1690. The van der Waals surface area contributed by atoms with Crippen LogP contribution in [-0.4, -0.2) is 37.2 Å². The van der Waals surface area contributed by atoms with Crippen molar-refractivity contribution < 1.29 is 22.4 Å². The summed E-state index contributed by atoms with van der Waals surface area (Å²) in [5.41, 5.74) is 4.48. The number of carbonyl (C=O) groups is 2. The van der Waals surface area contributed by atoms with Gasteiger partial charge in [-0.25, -0.2) is 17.5 Å². The minimum absolute atomic E-state index is 0.0114. The summed E-state index contributed by atoms with van der Waals surface area (Å²) in [5, 5.41) is 3.03. The molecule has 4 aromatic rings. The predicted octanol–water partition coefficient (Wildman–Crippen LogP) is 5.46. The quantitative estimate of drug-likeness (QED) is 0.194. The van der Waals surface area contributed by atoms with Gasteiger partial charge in [0.1, 0.15) is 11.9 Å². The molecule has 4 aromatic carbocycles. The van der Waals surface area contributed by atoms with Crippen LogP contribution < -0.4 is 10.0 Å². The number of halogens is 1. The third-order valence-corrected chi connectivity index (χ3v) is 9.42. The van der Waals surface area contributed by atoms with E-state index in [0.29, 0.717) is 24.9 Å². The summed E-state index contributed by atoms with van der Waals surface area (Å²) in [6, 6.07) is 29.1. The first-order valence-corrected chi connectivity index (χ1v) is 16.7. The number of hydrogen-bond donors (Lipinski definition) is 2. The molecule has 9 heteroatoms. The second-order valence-electron chi connectivity index (χ2n) is 11.6. The zero-order chi connectivity index (χ0) is 31.8. The van der Waals surface area contributed by atoms with Crippen molar-refractivity contribution in [3.05, 3.63) is 137 Å². The second kappa shape index (κ2) is 14.6. The molecule has 2 amide bonds. The first-order valence-electron chi connectivity index (χ1n) is 15.2. The van der Waals surface area contributed by atoms with E-state index in [-0.39, 0.29) is 41.5 Å². The fraction of sp³-hybridized carbons (Fsp3) is 0.278. The second-order valence-corrected chi connectivity index (χ2v) is 13.3. The lowest BCUT2D eigenvalue weighted by molar-refractivity contribution is -0.141. The maximum atomic E-state index is 14.0. The van der Waals surface area contributed by atoms with E-state index >= 15 is 0 Å². The number of sulfonamides is 1. The Morgan fingerprint density at radius 1 is 0.822 bits per heavy atom. The molecule has 0 aromatic heterocycles. The molecule has 0 aliphatic heterocycles. The van der Waals surface area contributed by atoms with Crippen LogP contribution in [0, 0.1) is 12.7 Å². The molecule has 0 bridgehead atoms. The first-order chi connectivity index (χ1) is 21.7. The average Bonchev–Trinajstić information content (AvgIpc) is 3.86. The molecule has 1 saturated carbocycles. The molecule has 0 radical (unpaired) electrons. The van der Waals surface area contributed by atoms with Gasteiger partial charge in [-0.3, -0.25) is 9.59 Å². The lowest BCUT2D eigenvalue weighted by atomic mass is 10.0. The van der Waals surface area contributed by atoms with Crippen molar-refractivity contribution in [1.82, 2.24) is 14.9 Å². The fourth-order valence-electron chi connectivity index (χ4n) is 5.07. The van der Waals surface area contributed by atoms with Crippen molar-refractivity contribution in [3.8, 4) is 0 Å². The van der Waals surface area contributed by atoms with Gasteiger partial charge in [-0.05, 0) is 72.7 Å². The van der Waals surface area contributed by atoms with Gasteiger partial charge in [0.25, 0.3) is 0 Å². The summed E-state index contributed by atoms with van der Waals surface area (Å²) < 4.78 is 41.5. The Morgan fingerprint density at radius 3 is 2.09 bits per heavy atom. The molecular weight excluding hydrogens is 589 g/mol. The van der Waals surface area contributed by atoms with Gasteiger partial charge >= 0.3 is 0 Å². The van der Waals surface area contributed by atoms with Crippen LogP contribution in [0.3, 0.4) is 0 Å². The van der Waals surface area contributed by atoms with Crippen LogP contribution in [0.15, 0.2) is 108 Å². The van der Waals surface area contributed by atoms with Gasteiger partial charge in [-0.1, -0.05) is 84.4 Å². The molecule has 5 rings (SSSR count). The Kier molecular flexibility index (Phi) is 10.4. The molecule has 1 unspecified atom stereocenters. The third kappa shape index (κ3) is 9.33. The standard InChI is InChI=1S/C36H38FN3O4S/c1-26-7-9-29(10-8-26)24-38-36(42)34(23-28-5-3-2-4-6-28)40(25-30-11-16-31(37)17-12-30)35(41)22-15-27-13-20-33(21-14-27)45(43,44)39-32-18-19-32/h2-14,16-17,20-21,32,34,39H,15,18-19,22-25H2,1H3,(H,38,42). The van der Waals surface area contributed by atoms with Crippen LogP contribution in [0.1, 0.15) is 47.1 Å². The van der Waals surface area contributed by atoms with E-state index in [0.717, 1.165) is 35.1 Å². The number of nitrogens with zero attached hydrogens (tertiary/aromatic N) is 1. The molecule has 45 heavy (non-hydrogen) atoms. The zero-order valence-corrected chi connectivity index (χ0v) is 26.1. The minimum atomic E-state index is -3.57. The van der Waals surface area contributed by atoms with Crippen LogP contribution in [0.5, 0.6) is 0 Å². The predicted molar refractivity (Wildman–Crippen MR) is 172 cm³/mol. The molecular formula is C36H38FN3O4S. The van der Waals surface area contributed by atoms with E-state index in [4.69, 9.17) is 0 Å². The number of nitrogens with one attached hydrogen (secondary N) is 2. The van der Waals surface area contributed by atoms with Gasteiger partial charge in [-0.15, -0.1) is 0 Å². The molecule has 1 aliphatic rings. The highest BCUT2D eigenvalue weighted by Gasteiger charge is 2.31. The number of carbonyl (C=O) groups excluding carboxylic acids is 2. The van der Waals surface area contributed by atoms with Crippen LogP contribution in [-0.2, 0) is 45.5 Å². The Balaban J connectivity index is 1.36. The SMILES string of the molecule is Cc1ccc(CNC(=O)C(Cc2ccccc2)N(Cc2ccc(F)cc2)C(=O)CCc2ccc(S(=O)(=O)NC3CC3)cc2)cc1. The van der Waals surface area contributed by atoms with Gasteiger partial charge in [0.15, 0.2) is 0 Å². The molecule has 0 heterocycles. The Morgan fingerprint density at radius 2 is 1.44 bits per heavy atom. The van der Waals surface area contributed by atoms with Crippen LogP contribution in [0.4, 0.5) is 4.39 Å². The van der Waals surface area contributed by atoms with E-state index in [9.17, 15) is 22.4 Å². The Hall–Kier alpha value is -4.34. The van der Waals surface area contributed by atoms with Gasteiger partial charge in [-0.2, -0.15) is 0 Å². The van der Waals surface area contributed by atoms with E-state index in [1.54, 1.807) is 41.3 Å². The van der Waals surface area contributed by atoms with Crippen molar-refractivity contribution in [1.29, 1.82) is 0 Å². The van der Waals surface area contributed by atoms with Gasteiger partial charge in [0, 0.05) is 32.0 Å². The van der Waals surface area contributed by atoms with E-state index < -0.39 is 16.1 Å². The van der Waals surface area contributed by atoms with E-state index in [2.05, 4.69) is 10.0 Å². The summed E-state index contributed by atoms with van der Waals surface area (Å²) in [6.45, 7) is 2.44. The third-order valence-electron chi connectivity index (χ3n) is 7.88. The van der Waals surface area contributed by atoms with Crippen molar-refractivity contribution in [2.24, 2.45) is 0 Å². The number of rotatable bonds is 14. The van der Waals surface area contributed by atoms with E-state index in [1.165, 1.54) is 12.1 Å². The maximum absolute atomic E-state index is 14.0. The van der Waals surface area contributed by atoms with Crippen molar-refractivity contribution in [2.75, 3.05) is 0 Å². The molecule has 234 valence electrons. The molecule has 1 aliphatic carbocycles. The number of hydrogen-bond acceptors (Lipinski definition) is 4. The van der Waals surface area contributed by atoms with Gasteiger partial charge in [0.05, 0.1) is 4.90 Å². The van der Waals surface area contributed by atoms with E-state index in [1.807, 2.05) is 61.5 Å². The van der Waals surface area contributed by atoms with Crippen molar-refractivity contribution >= 4 is 21.8 Å². The highest BCUT2D eigenvalue weighted by Crippen LogP contribution is 2.23. The molecule has 7 nitrogen and oxygen atoms in total. The van der Waals surface area contributed by atoms with Crippen LogP contribution in [0.25, 0.3) is 0 Å². The minimum Gasteiger partial charge on any atom is -0.350 e. The monoisotopic (exact) mass is 627 g/mol. The zero-order valence-electron chi connectivity index (χ0n) is 25.3. The summed E-state index contributed by atoms with van der Waals surface area (Å²) in [5.74, 6) is -0.906. The fourth-order valence-corrected chi connectivity index (χ4v) is 6.38. The van der Waals surface area contributed by atoms with Crippen molar-refractivity contribution in [3.63, 3.8) is 0 Å². The molecule has 0 saturated heterocycles. The molecule has 1 atom stereocenters. The van der Waals surface area contributed by atoms with Gasteiger partial charge < -0.3 is 10.2 Å². The summed E-state index contributed by atoms with van der Waals surface area (Å²) in [4.78, 5) is 29.6. The highest BCUT2D eigenvalue weighted by molar-refractivity contribution is 7.89. The molecule has 1 fully saturated rings. The first kappa shape index (κ1) is 32.1. The number of aryl methyl sites for hydroxylation is 2. The average molecular weight is 628 g/mol. The maximum Gasteiger partial charge on any atom is 0.243 e. The highest BCUT2D eigenvalue weighted by atomic mass is 32.2. The number of amides is 2. The van der Waals surface area contributed by atoms with Crippen LogP contribution in [0.2, 0.25) is 0 Å². The largest absolute Gasteiger partial charge is 0.350 e. The molecule has 0 spiro atoms. The Labute approximate surface area is 264 Å². The summed E-state index contributed by atoms with van der Waals surface area (Å²) in [7, 11) is -3.57. The summed E-state index contributed by atoms with van der Waals surface area (Å²) >= 11 is 0.